The lowest BCUT2D eigenvalue weighted by atomic mass is 10.0. The molecule has 0 aliphatic heterocycles. The van der Waals surface area contributed by atoms with Crippen LogP contribution < -0.4 is 10.6 Å². The Morgan fingerprint density at radius 2 is 2.17 bits per heavy atom. The van der Waals surface area contributed by atoms with Gasteiger partial charge in [0, 0.05) is 4.88 Å². The van der Waals surface area contributed by atoms with E-state index >= 15 is 0 Å². The Morgan fingerprint density at radius 3 is 2.94 bits per heavy atom. The third-order valence-electron chi connectivity index (χ3n) is 3.51. The molecule has 18 heavy (non-hydrogen) atoms. The van der Waals surface area contributed by atoms with Crippen LogP contribution in [0.3, 0.4) is 0 Å². The number of nitrogens with one attached hydrogen (secondary N) is 2. The molecule has 4 nitrogen and oxygen atoms in total. The molecule has 2 aliphatic rings. The van der Waals surface area contributed by atoms with Crippen molar-refractivity contribution in [1.82, 2.24) is 10.3 Å². The highest BCUT2D eigenvalue weighted by Gasteiger charge is 2.21. The van der Waals surface area contributed by atoms with Crippen LogP contribution in [0.5, 0.6) is 0 Å². The van der Waals surface area contributed by atoms with Crippen molar-refractivity contribution in [2.24, 2.45) is 5.92 Å². The van der Waals surface area contributed by atoms with E-state index in [0.29, 0.717) is 6.54 Å². The fraction of sp³-hybridized carbons (Fsp3) is 0.692. The van der Waals surface area contributed by atoms with Gasteiger partial charge in [-0.25, -0.2) is 4.98 Å². The van der Waals surface area contributed by atoms with Crippen molar-refractivity contribution in [1.29, 1.82) is 0 Å². The Hall–Kier alpha value is -0.940. The van der Waals surface area contributed by atoms with E-state index in [4.69, 9.17) is 0 Å². The van der Waals surface area contributed by atoms with E-state index in [0.717, 1.165) is 30.4 Å². The van der Waals surface area contributed by atoms with Gasteiger partial charge in [-0.1, -0.05) is 0 Å². The van der Waals surface area contributed by atoms with E-state index in [1.54, 1.807) is 11.3 Å². The molecule has 1 aromatic heterocycles. The number of aryl methyl sites for hydroxylation is 2. The molecule has 2 aliphatic carbocycles. The quantitative estimate of drug-likeness (QED) is 0.855. The zero-order valence-electron chi connectivity index (χ0n) is 10.5. The van der Waals surface area contributed by atoms with Crippen LogP contribution in [0.15, 0.2) is 0 Å². The summed E-state index contributed by atoms with van der Waals surface area (Å²) >= 11 is 1.64. The molecule has 1 saturated carbocycles. The molecule has 2 N–H and O–H groups in total. The van der Waals surface area contributed by atoms with Crippen molar-refractivity contribution < 1.29 is 4.79 Å². The van der Waals surface area contributed by atoms with Crippen molar-refractivity contribution >= 4 is 22.4 Å². The molecular formula is C13H19N3OS. The van der Waals surface area contributed by atoms with Crippen molar-refractivity contribution in [3.63, 3.8) is 0 Å². The summed E-state index contributed by atoms with van der Waals surface area (Å²) in [6, 6.07) is 0. The predicted molar refractivity (Wildman–Crippen MR) is 73.0 cm³/mol. The van der Waals surface area contributed by atoms with Crippen LogP contribution in [0.2, 0.25) is 0 Å². The van der Waals surface area contributed by atoms with Crippen molar-refractivity contribution in [2.75, 3.05) is 18.4 Å². The summed E-state index contributed by atoms with van der Waals surface area (Å²) in [6.07, 6.45) is 7.31. The zero-order chi connectivity index (χ0) is 12.4. The number of aromatic nitrogens is 1. The Kier molecular flexibility index (Phi) is 3.61. The Balaban J connectivity index is 1.48. The zero-order valence-corrected chi connectivity index (χ0v) is 11.3. The Bertz CT molecular complexity index is 416. The lowest BCUT2D eigenvalue weighted by Crippen LogP contribution is -2.29. The summed E-state index contributed by atoms with van der Waals surface area (Å²) < 4.78 is 0. The number of anilines is 1. The summed E-state index contributed by atoms with van der Waals surface area (Å²) in [5.41, 5.74) is 1.20. The second-order valence-electron chi connectivity index (χ2n) is 5.22. The van der Waals surface area contributed by atoms with Gasteiger partial charge in [0.15, 0.2) is 5.13 Å². The van der Waals surface area contributed by atoms with Gasteiger partial charge in [0.1, 0.15) is 0 Å². The molecule has 1 heterocycles. The summed E-state index contributed by atoms with van der Waals surface area (Å²) in [5.74, 6) is 0.840. The minimum atomic E-state index is 0.0294. The number of rotatable bonds is 5. The molecule has 0 unspecified atom stereocenters. The fourth-order valence-electron chi connectivity index (χ4n) is 2.28. The number of carbonyl (C=O) groups excluding carboxylic acids is 1. The van der Waals surface area contributed by atoms with Gasteiger partial charge < -0.3 is 10.6 Å². The van der Waals surface area contributed by atoms with Crippen LogP contribution in [0, 0.1) is 5.92 Å². The first-order valence-electron chi connectivity index (χ1n) is 6.80. The van der Waals surface area contributed by atoms with Gasteiger partial charge in [-0.2, -0.15) is 0 Å². The largest absolute Gasteiger partial charge is 0.308 e. The van der Waals surface area contributed by atoms with Gasteiger partial charge in [-0.3, -0.25) is 4.79 Å². The predicted octanol–water partition coefficient (Wildman–Crippen LogP) is 1.96. The van der Waals surface area contributed by atoms with Gasteiger partial charge >= 0.3 is 0 Å². The van der Waals surface area contributed by atoms with E-state index in [-0.39, 0.29) is 5.91 Å². The van der Waals surface area contributed by atoms with Gasteiger partial charge in [0.25, 0.3) is 0 Å². The molecule has 0 spiro atoms. The van der Waals surface area contributed by atoms with Crippen LogP contribution >= 0.6 is 11.3 Å². The number of nitrogens with zero attached hydrogens (tertiary/aromatic N) is 1. The number of hydrogen-bond acceptors (Lipinski definition) is 4. The first-order chi connectivity index (χ1) is 8.81. The Labute approximate surface area is 111 Å². The molecular weight excluding hydrogens is 246 g/mol. The first kappa shape index (κ1) is 12.1. The number of amides is 1. The topological polar surface area (TPSA) is 54.0 Å². The molecule has 0 aromatic carbocycles. The second-order valence-corrected chi connectivity index (χ2v) is 6.30. The number of carbonyl (C=O) groups is 1. The smallest absolute Gasteiger partial charge is 0.240 e. The maximum Gasteiger partial charge on any atom is 0.240 e. The monoisotopic (exact) mass is 265 g/mol. The second kappa shape index (κ2) is 5.36. The molecule has 1 aromatic rings. The highest BCUT2D eigenvalue weighted by Crippen LogP contribution is 2.29. The van der Waals surface area contributed by atoms with Crippen molar-refractivity contribution in [3.8, 4) is 0 Å². The molecule has 5 heteroatoms. The van der Waals surface area contributed by atoms with E-state index in [9.17, 15) is 4.79 Å². The van der Waals surface area contributed by atoms with Crippen LogP contribution in [0.4, 0.5) is 5.13 Å². The molecule has 1 amide bonds. The average molecular weight is 265 g/mol. The van der Waals surface area contributed by atoms with E-state index < -0.39 is 0 Å². The van der Waals surface area contributed by atoms with Gasteiger partial charge in [-0.15, -0.1) is 11.3 Å². The van der Waals surface area contributed by atoms with Crippen molar-refractivity contribution in [2.45, 2.75) is 38.5 Å². The summed E-state index contributed by atoms with van der Waals surface area (Å²) in [7, 11) is 0. The van der Waals surface area contributed by atoms with Crippen LogP contribution in [0.1, 0.15) is 36.3 Å². The summed E-state index contributed by atoms with van der Waals surface area (Å²) in [5, 5.41) is 6.87. The average Bonchev–Trinajstić information content (AvgIpc) is 3.08. The third-order valence-corrected chi connectivity index (χ3v) is 4.58. The minimum Gasteiger partial charge on any atom is -0.308 e. The molecule has 0 radical (unpaired) electrons. The maximum absolute atomic E-state index is 11.7. The molecule has 0 bridgehead atoms. The lowest BCUT2D eigenvalue weighted by Gasteiger charge is -2.06. The van der Waals surface area contributed by atoms with Crippen LogP contribution in [-0.2, 0) is 17.6 Å². The number of fused-ring (bicyclic) bond motifs is 1. The standard InChI is InChI=1S/C13H19N3OS/c17-12(8-14-7-9-5-6-9)16-13-15-10-3-1-2-4-11(10)18-13/h9,14H,1-8H2,(H,15,16,17). The maximum atomic E-state index is 11.7. The highest BCUT2D eigenvalue weighted by molar-refractivity contribution is 7.15. The van der Waals surface area contributed by atoms with Crippen LogP contribution in [-0.4, -0.2) is 24.0 Å². The SMILES string of the molecule is O=C(CNCC1CC1)Nc1nc2c(s1)CCCC2. The first-order valence-corrected chi connectivity index (χ1v) is 7.62. The molecule has 0 atom stereocenters. The normalized spacial score (nSPS) is 18.4. The molecule has 0 saturated heterocycles. The van der Waals surface area contributed by atoms with E-state index in [1.807, 2.05) is 0 Å². The fourth-order valence-corrected chi connectivity index (χ4v) is 3.35. The highest BCUT2D eigenvalue weighted by atomic mass is 32.1. The molecule has 3 rings (SSSR count). The van der Waals surface area contributed by atoms with Gasteiger partial charge in [-0.05, 0) is 51.0 Å². The number of thiazole rings is 1. The van der Waals surface area contributed by atoms with Crippen LogP contribution in [0.25, 0.3) is 0 Å². The van der Waals surface area contributed by atoms with Gasteiger partial charge in [0.05, 0.1) is 12.2 Å². The van der Waals surface area contributed by atoms with E-state index in [2.05, 4.69) is 15.6 Å². The third kappa shape index (κ3) is 3.09. The number of hydrogen-bond donors (Lipinski definition) is 2. The summed E-state index contributed by atoms with van der Waals surface area (Å²) in [4.78, 5) is 17.6. The minimum absolute atomic E-state index is 0.0294. The van der Waals surface area contributed by atoms with Crippen molar-refractivity contribution in [3.05, 3.63) is 10.6 Å². The van der Waals surface area contributed by atoms with E-state index in [1.165, 1.54) is 36.3 Å². The lowest BCUT2D eigenvalue weighted by molar-refractivity contribution is -0.115. The summed E-state index contributed by atoms with van der Waals surface area (Å²) in [6.45, 7) is 1.38. The molecule has 1 fully saturated rings. The Morgan fingerprint density at radius 1 is 1.33 bits per heavy atom. The molecule has 98 valence electrons. The van der Waals surface area contributed by atoms with Gasteiger partial charge in [0.2, 0.25) is 5.91 Å².